The maximum atomic E-state index is 9.98. The minimum atomic E-state index is -2.85. The molecule has 0 amide bonds. The third-order valence-corrected chi connectivity index (χ3v) is 9.87. The summed E-state index contributed by atoms with van der Waals surface area (Å²) in [5, 5.41) is 29.6. The van der Waals surface area contributed by atoms with E-state index in [-0.39, 0.29) is 6.61 Å². The molecule has 0 saturated carbocycles. The fourth-order valence-electron chi connectivity index (χ4n) is 3.16. The van der Waals surface area contributed by atoms with Gasteiger partial charge in [-0.25, -0.2) is 0 Å². The largest absolute Gasteiger partial charge is 0.144 e. The van der Waals surface area contributed by atoms with E-state index in [1.807, 2.05) is 0 Å². The molecule has 0 saturated heterocycles. The molecule has 0 rings (SSSR count). The van der Waals surface area contributed by atoms with Gasteiger partial charge in [-0.05, 0) is 0 Å². The van der Waals surface area contributed by atoms with Crippen LogP contribution in [0, 0.1) is 0 Å². The Morgan fingerprint density at radius 1 is 0.686 bits per heavy atom. The third kappa shape index (κ3) is 19.8. The number of aliphatic hydroxyl groups is 2. The predicted molar refractivity (Wildman–Crippen MR) is 141 cm³/mol. The molecule has 35 heavy (non-hydrogen) atoms. The first kappa shape index (κ1) is 35.1. The number of ether oxygens (including phenoxy) is 2. The SMILES string of the molecule is CO[S+](CCCOCC(O)CNCCNCCNCC(O)COCCC[SiH-](OC)(OC)OC)OC. The average molecular weight is 550 g/mol. The van der Waals surface area contributed by atoms with Crippen LogP contribution in [0.2, 0.25) is 6.04 Å². The van der Waals surface area contributed by atoms with Gasteiger partial charge in [0, 0.05) is 19.5 Å². The summed E-state index contributed by atoms with van der Waals surface area (Å²) in [4.78, 5) is 0. The summed E-state index contributed by atoms with van der Waals surface area (Å²) in [5.74, 6) is 0.788. The molecule has 0 aromatic rings. The minimum absolute atomic E-state index is 0.280. The Balaban J connectivity index is 3.45. The molecule has 0 bridgehead atoms. The number of hydrogen-bond donors (Lipinski definition) is 5. The van der Waals surface area contributed by atoms with Crippen molar-refractivity contribution < 1.29 is 41.3 Å². The first-order valence-corrected chi connectivity index (χ1v) is 15.7. The topological polar surface area (TPSA) is 141 Å². The first-order valence-electron chi connectivity index (χ1n) is 12.2. The third-order valence-electron chi connectivity index (χ3n) is 5.23. The zero-order chi connectivity index (χ0) is 26.2. The van der Waals surface area contributed by atoms with Crippen LogP contribution in [0.4, 0.5) is 0 Å². The van der Waals surface area contributed by atoms with Crippen molar-refractivity contribution in [2.45, 2.75) is 31.1 Å². The van der Waals surface area contributed by atoms with E-state index in [0.717, 1.165) is 44.8 Å². The van der Waals surface area contributed by atoms with E-state index in [0.29, 0.717) is 39.0 Å². The van der Waals surface area contributed by atoms with Gasteiger partial charge in [-0.15, -0.1) is 8.37 Å². The van der Waals surface area contributed by atoms with Crippen molar-refractivity contribution in [3.05, 3.63) is 0 Å². The van der Waals surface area contributed by atoms with E-state index >= 15 is 0 Å². The normalized spacial score (nSPS) is 14.5. The van der Waals surface area contributed by atoms with Crippen LogP contribution in [-0.4, -0.2) is 138 Å². The van der Waals surface area contributed by atoms with Crippen LogP contribution < -0.4 is 16.0 Å². The molecule has 0 aliphatic rings. The Morgan fingerprint density at radius 2 is 1.14 bits per heavy atom. The molecule has 0 aromatic carbocycles. The number of nitrogens with one attached hydrogen (secondary N) is 3. The summed E-state index contributed by atoms with van der Waals surface area (Å²) in [7, 11) is 5.21. The van der Waals surface area contributed by atoms with Gasteiger partial charge >= 0.3 is 133 Å². The smallest absolute Gasteiger partial charge is 0.0964 e. The van der Waals surface area contributed by atoms with Crippen LogP contribution in [0.3, 0.4) is 0 Å². The second-order valence-electron chi connectivity index (χ2n) is 7.95. The molecule has 0 spiro atoms. The molecular formula is C21H51N3O9SSi. The van der Waals surface area contributed by atoms with E-state index in [4.69, 9.17) is 31.1 Å². The van der Waals surface area contributed by atoms with Crippen LogP contribution in [0.25, 0.3) is 0 Å². The summed E-state index contributed by atoms with van der Waals surface area (Å²) >= 11 is -0.465. The minimum Gasteiger partial charge on any atom is -0.144 e. The van der Waals surface area contributed by atoms with E-state index < -0.39 is 32.5 Å². The molecule has 5 N–H and O–H groups in total. The summed E-state index contributed by atoms with van der Waals surface area (Å²) in [5.41, 5.74) is 0. The molecule has 12 nitrogen and oxygen atoms in total. The molecule has 0 aromatic heterocycles. The van der Waals surface area contributed by atoms with Crippen LogP contribution in [0.5, 0.6) is 0 Å². The quantitative estimate of drug-likeness (QED) is 0.0469. The zero-order valence-electron chi connectivity index (χ0n) is 22.3. The summed E-state index contributed by atoms with van der Waals surface area (Å²) in [6, 6.07) is 0.698. The molecular weight excluding hydrogens is 498 g/mol. The van der Waals surface area contributed by atoms with Crippen LogP contribution in [0.15, 0.2) is 0 Å². The number of hydrogen-bond acceptors (Lipinski definition) is 12. The van der Waals surface area contributed by atoms with Crippen molar-refractivity contribution in [1.29, 1.82) is 0 Å². The van der Waals surface area contributed by atoms with E-state index in [1.54, 1.807) is 35.5 Å². The van der Waals surface area contributed by atoms with Gasteiger partial charge in [-0.3, -0.25) is 0 Å². The molecule has 2 atom stereocenters. The van der Waals surface area contributed by atoms with E-state index in [9.17, 15) is 10.2 Å². The standard InChI is InChI=1S/C21H51N3O9SSi/c1-27-34(28-2)14-6-12-32-18-20(25)16-23-10-8-22-9-11-24-17-21(26)19-33-13-7-15-35(29-3,30-4)31-5/h20-26,35H,6-19H2,1-5H3. The monoisotopic (exact) mass is 549 g/mol. The fourth-order valence-corrected chi connectivity index (χ4v) is 5.94. The second kappa shape index (κ2) is 24.4. The van der Waals surface area contributed by atoms with Crippen LogP contribution in [-0.2, 0) is 42.6 Å². The van der Waals surface area contributed by atoms with Crippen LogP contribution in [0.1, 0.15) is 12.8 Å². The Hall–Kier alpha value is 0.0869. The zero-order valence-corrected chi connectivity index (χ0v) is 24.3. The average Bonchev–Trinajstić information content (AvgIpc) is 2.87. The van der Waals surface area contributed by atoms with Gasteiger partial charge in [0.2, 0.25) is 0 Å². The van der Waals surface area contributed by atoms with Crippen LogP contribution >= 0.6 is 0 Å². The van der Waals surface area contributed by atoms with E-state index in [1.165, 1.54) is 0 Å². The number of aliphatic hydroxyl groups excluding tert-OH is 2. The molecule has 0 fully saturated rings. The maximum absolute atomic E-state index is 9.98. The van der Waals surface area contributed by atoms with Gasteiger partial charge in [-0.2, -0.15) is 0 Å². The van der Waals surface area contributed by atoms with Gasteiger partial charge in [0.1, 0.15) is 0 Å². The maximum Gasteiger partial charge on any atom is 0.0964 e. The Morgan fingerprint density at radius 3 is 1.60 bits per heavy atom. The van der Waals surface area contributed by atoms with E-state index in [2.05, 4.69) is 16.0 Å². The Labute approximate surface area is 215 Å². The first-order chi connectivity index (χ1) is 17.0. The number of rotatable bonds is 27. The van der Waals surface area contributed by atoms with Gasteiger partial charge in [0.05, 0.1) is 33.5 Å². The van der Waals surface area contributed by atoms with Gasteiger partial charge in [-0.1, -0.05) is 0 Å². The van der Waals surface area contributed by atoms with Gasteiger partial charge in [0.15, 0.2) is 5.75 Å². The molecule has 2 unspecified atom stereocenters. The van der Waals surface area contributed by atoms with Gasteiger partial charge < -0.3 is 15.2 Å². The predicted octanol–water partition coefficient (Wildman–Crippen LogP) is -1.36. The van der Waals surface area contributed by atoms with Gasteiger partial charge in [0.25, 0.3) is 0 Å². The Bertz CT molecular complexity index is 448. The van der Waals surface area contributed by atoms with Crippen molar-refractivity contribution >= 4 is 20.3 Å². The summed E-state index contributed by atoms with van der Waals surface area (Å²) < 4.78 is 37.5. The summed E-state index contributed by atoms with van der Waals surface area (Å²) in [6.45, 7) is 5.69. The van der Waals surface area contributed by atoms with Crippen molar-refractivity contribution in [3.63, 3.8) is 0 Å². The van der Waals surface area contributed by atoms with Crippen molar-refractivity contribution in [2.24, 2.45) is 0 Å². The molecule has 0 radical (unpaired) electrons. The molecule has 14 heteroatoms. The van der Waals surface area contributed by atoms with Crippen molar-refractivity contribution in [2.75, 3.05) is 107 Å². The molecule has 0 heterocycles. The van der Waals surface area contributed by atoms with Crippen molar-refractivity contribution in [1.82, 2.24) is 16.0 Å². The molecule has 0 aliphatic heterocycles. The second-order valence-corrected chi connectivity index (χ2v) is 13.2. The Kier molecular flexibility index (Phi) is 24.5. The fraction of sp³-hybridized carbons (Fsp3) is 1.00. The summed E-state index contributed by atoms with van der Waals surface area (Å²) in [6.07, 6.45) is 0.493. The molecule has 214 valence electrons. The van der Waals surface area contributed by atoms with Crippen molar-refractivity contribution in [3.8, 4) is 0 Å². The molecule has 0 aliphatic carbocycles.